The SMILES string of the molecule is COc1cc(Br)c(F)cc1S(=O)(=O)N[C@@H](C(=O)O)C(C)C. The first-order valence-corrected chi connectivity index (χ1v) is 8.16. The van der Waals surface area contributed by atoms with Crippen LogP contribution in [0.1, 0.15) is 13.8 Å². The van der Waals surface area contributed by atoms with Crippen LogP contribution in [0.15, 0.2) is 21.5 Å². The number of benzene rings is 1. The molecular formula is C12H15BrFNO5S. The standard InChI is InChI=1S/C12H15BrFNO5S/c1-6(2)11(12(16)17)15-21(18,19)10-5-8(14)7(13)4-9(10)20-3/h4-6,11,15H,1-3H3,(H,16,17)/t11-/m1/s1. The summed E-state index contributed by atoms with van der Waals surface area (Å²) in [6, 6.07) is 0.603. The van der Waals surface area contributed by atoms with Crippen LogP contribution in [0.4, 0.5) is 4.39 Å². The molecule has 0 amide bonds. The molecule has 0 aliphatic heterocycles. The molecule has 0 radical (unpaired) electrons. The van der Waals surface area contributed by atoms with E-state index in [-0.39, 0.29) is 10.2 Å². The van der Waals surface area contributed by atoms with Gasteiger partial charge in [-0.15, -0.1) is 0 Å². The summed E-state index contributed by atoms with van der Waals surface area (Å²) in [5, 5.41) is 9.04. The van der Waals surface area contributed by atoms with Crippen molar-refractivity contribution in [1.29, 1.82) is 0 Å². The van der Waals surface area contributed by atoms with Crippen molar-refractivity contribution in [1.82, 2.24) is 4.72 Å². The Labute approximate surface area is 130 Å². The van der Waals surface area contributed by atoms with E-state index in [2.05, 4.69) is 15.9 Å². The number of carbonyl (C=O) groups is 1. The second-order valence-electron chi connectivity index (χ2n) is 4.60. The number of nitrogens with one attached hydrogen (secondary N) is 1. The van der Waals surface area contributed by atoms with E-state index in [0.29, 0.717) is 0 Å². The lowest BCUT2D eigenvalue weighted by atomic mass is 10.1. The largest absolute Gasteiger partial charge is 0.495 e. The van der Waals surface area contributed by atoms with E-state index in [1.807, 2.05) is 4.72 Å². The summed E-state index contributed by atoms with van der Waals surface area (Å²) >= 11 is 2.92. The van der Waals surface area contributed by atoms with Crippen LogP contribution >= 0.6 is 15.9 Å². The number of carboxylic acids is 1. The second kappa shape index (κ2) is 6.71. The van der Waals surface area contributed by atoms with Gasteiger partial charge in [0, 0.05) is 0 Å². The summed E-state index contributed by atoms with van der Waals surface area (Å²) in [6.45, 7) is 3.11. The summed E-state index contributed by atoms with van der Waals surface area (Å²) in [6.07, 6.45) is 0. The number of carboxylic acid groups (broad SMARTS) is 1. The van der Waals surface area contributed by atoms with Gasteiger partial charge in [-0.2, -0.15) is 4.72 Å². The van der Waals surface area contributed by atoms with Gasteiger partial charge in [0.1, 0.15) is 22.5 Å². The van der Waals surface area contributed by atoms with Gasteiger partial charge in [-0.1, -0.05) is 13.8 Å². The number of rotatable bonds is 6. The molecule has 118 valence electrons. The Bertz CT molecular complexity index is 647. The summed E-state index contributed by atoms with van der Waals surface area (Å²) in [7, 11) is -3.02. The maximum absolute atomic E-state index is 13.6. The molecule has 0 unspecified atom stereocenters. The van der Waals surface area contributed by atoms with Gasteiger partial charge in [-0.25, -0.2) is 12.8 Å². The van der Waals surface area contributed by atoms with Crippen LogP contribution in [0.25, 0.3) is 0 Å². The number of hydrogen-bond acceptors (Lipinski definition) is 4. The normalized spacial score (nSPS) is 13.2. The van der Waals surface area contributed by atoms with E-state index in [1.54, 1.807) is 13.8 Å². The Hall–Kier alpha value is -1.19. The van der Waals surface area contributed by atoms with E-state index in [9.17, 15) is 17.6 Å². The smallest absolute Gasteiger partial charge is 0.322 e. The van der Waals surface area contributed by atoms with Gasteiger partial charge in [-0.3, -0.25) is 4.79 Å². The van der Waals surface area contributed by atoms with Crippen LogP contribution in [0.3, 0.4) is 0 Å². The van der Waals surface area contributed by atoms with Crippen molar-refractivity contribution in [2.45, 2.75) is 24.8 Å². The zero-order valence-electron chi connectivity index (χ0n) is 11.6. The Kier molecular flexibility index (Phi) is 5.71. The van der Waals surface area contributed by atoms with E-state index < -0.39 is 38.7 Å². The Balaban J connectivity index is 3.31. The molecule has 0 aliphatic rings. The third-order valence-corrected chi connectivity index (χ3v) is 4.78. The van der Waals surface area contributed by atoms with Gasteiger partial charge in [0.25, 0.3) is 0 Å². The fourth-order valence-corrected chi connectivity index (χ4v) is 3.40. The van der Waals surface area contributed by atoms with Gasteiger partial charge in [0.05, 0.1) is 11.6 Å². The number of sulfonamides is 1. The van der Waals surface area contributed by atoms with E-state index >= 15 is 0 Å². The summed E-state index contributed by atoms with van der Waals surface area (Å²) in [4.78, 5) is 10.6. The molecule has 0 bridgehead atoms. The molecule has 0 aliphatic carbocycles. The highest BCUT2D eigenvalue weighted by molar-refractivity contribution is 9.10. The zero-order chi connectivity index (χ0) is 16.4. The number of aliphatic carboxylic acids is 1. The van der Waals surface area contributed by atoms with Gasteiger partial charge in [0.2, 0.25) is 10.0 Å². The Morgan fingerprint density at radius 3 is 2.43 bits per heavy atom. The summed E-state index contributed by atoms with van der Waals surface area (Å²) in [5.74, 6) is -2.69. The Morgan fingerprint density at radius 2 is 2.00 bits per heavy atom. The molecule has 6 nitrogen and oxygen atoms in total. The Morgan fingerprint density at radius 1 is 1.43 bits per heavy atom. The average molecular weight is 384 g/mol. The van der Waals surface area contributed by atoms with E-state index in [1.165, 1.54) is 7.11 Å². The summed E-state index contributed by atoms with van der Waals surface area (Å²) < 4.78 is 45.1. The van der Waals surface area contributed by atoms with Crippen LogP contribution in [0.2, 0.25) is 0 Å². The zero-order valence-corrected chi connectivity index (χ0v) is 14.0. The van der Waals surface area contributed by atoms with Crippen LogP contribution in [0, 0.1) is 11.7 Å². The van der Waals surface area contributed by atoms with Crippen LogP contribution in [0.5, 0.6) is 5.75 Å². The van der Waals surface area contributed by atoms with Crippen LogP contribution < -0.4 is 9.46 Å². The average Bonchev–Trinajstić information content (AvgIpc) is 2.37. The number of halogens is 2. The topological polar surface area (TPSA) is 92.7 Å². The van der Waals surface area contributed by atoms with Crippen molar-refractivity contribution in [3.8, 4) is 5.75 Å². The minimum Gasteiger partial charge on any atom is -0.495 e. The second-order valence-corrected chi connectivity index (χ2v) is 7.14. The lowest BCUT2D eigenvalue weighted by Crippen LogP contribution is -2.44. The lowest BCUT2D eigenvalue weighted by Gasteiger charge is -2.19. The van der Waals surface area contributed by atoms with Crippen LogP contribution in [-0.2, 0) is 14.8 Å². The number of ether oxygens (including phenoxy) is 1. The molecule has 1 atom stereocenters. The molecule has 0 spiro atoms. The fraction of sp³-hybridized carbons (Fsp3) is 0.417. The molecule has 0 saturated carbocycles. The third-order valence-electron chi connectivity index (χ3n) is 2.71. The maximum atomic E-state index is 13.6. The molecule has 0 saturated heterocycles. The number of methoxy groups -OCH3 is 1. The molecule has 0 fully saturated rings. The summed E-state index contributed by atoms with van der Waals surface area (Å²) in [5.41, 5.74) is 0. The molecule has 2 N–H and O–H groups in total. The molecule has 0 aromatic heterocycles. The van der Waals surface area contributed by atoms with Gasteiger partial charge in [0.15, 0.2) is 0 Å². The predicted octanol–water partition coefficient (Wildman–Crippen LogP) is 1.98. The molecule has 0 heterocycles. The molecule has 9 heteroatoms. The van der Waals surface area contributed by atoms with Gasteiger partial charge < -0.3 is 9.84 Å². The fourth-order valence-electron chi connectivity index (χ4n) is 1.58. The van der Waals surface area contributed by atoms with Crippen molar-refractivity contribution in [2.24, 2.45) is 5.92 Å². The van der Waals surface area contributed by atoms with Crippen molar-refractivity contribution < 1.29 is 27.4 Å². The van der Waals surface area contributed by atoms with Crippen molar-refractivity contribution in [3.63, 3.8) is 0 Å². The third kappa shape index (κ3) is 4.14. The van der Waals surface area contributed by atoms with Gasteiger partial charge in [-0.05, 0) is 34.0 Å². The predicted molar refractivity (Wildman–Crippen MR) is 77.2 cm³/mol. The molecular weight excluding hydrogens is 369 g/mol. The van der Waals surface area contributed by atoms with Crippen molar-refractivity contribution >= 4 is 31.9 Å². The monoisotopic (exact) mass is 383 g/mol. The molecule has 1 aromatic rings. The number of hydrogen-bond donors (Lipinski definition) is 2. The first kappa shape index (κ1) is 17.9. The van der Waals surface area contributed by atoms with Crippen molar-refractivity contribution in [3.05, 3.63) is 22.4 Å². The van der Waals surface area contributed by atoms with Gasteiger partial charge >= 0.3 is 5.97 Å². The molecule has 21 heavy (non-hydrogen) atoms. The highest BCUT2D eigenvalue weighted by atomic mass is 79.9. The lowest BCUT2D eigenvalue weighted by molar-refractivity contribution is -0.140. The molecule has 1 rings (SSSR count). The molecule has 1 aromatic carbocycles. The highest BCUT2D eigenvalue weighted by Crippen LogP contribution is 2.30. The minimum atomic E-state index is -4.25. The maximum Gasteiger partial charge on any atom is 0.322 e. The van der Waals surface area contributed by atoms with Crippen molar-refractivity contribution in [2.75, 3.05) is 7.11 Å². The quantitative estimate of drug-likeness (QED) is 0.783. The first-order chi connectivity index (χ1) is 9.60. The van der Waals surface area contributed by atoms with Crippen LogP contribution in [-0.4, -0.2) is 32.6 Å². The highest BCUT2D eigenvalue weighted by Gasteiger charge is 2.30. The van der Waals surface area contributed by atoms with E-state index in [0.717, 1.165) is 12.1 Å². The van der Waals surface area contributed by atoms with E-state index in [4.69, 9.17) is 9.84 Å². The first-order valence-electron chi connectivity index (χ1n) is 5.88. The minimum absolute atomic E-state index is 0.0388.